The van der Waals surface area contributed by atoms with Gasteiger partial charge in [0, 0.05) is 30.4 Å². The van der Waals surface area contributed by atoms with Gasteiger partial charge < -0.3 is 9.72 Å². The number of nitrogens with zero attached hydrogens (tertiary/aromatic N) is 2. The van der Waals surface area contributed by atoms with Gasteiger partial charge in [-0.2, -0.15) is 0 Å². The van der Waals surface area contributed by atoms with Gasteiger partial charge in [-0.3, -0.25) is 4.79 Å². The summed E-state index contributed by atoms with van der Waals surface area (Å²) in [7, 11) is 0. The number of imidazole rings is 1. The van der Waals surface area contributed by atoms with E-state index in [-0.39, 0.29) is 18.1 Å². The molecule has 2 aromatic carbocycles. The van der Waals surface area contributed by atoms with E-state index in [0.29, 0.717) is 21.9 Å². The Labute approximate surface area is 179 Å². The van der Waals surface area contributed by atoms with Gasteiger partial charge in [0.1, 0.15) is 11.5 Å². The highest BCUT2D eigenvalue weighted by Gasteiger charge is 2.24. The van der Waals surface area contributed by atoms with Crippen molar-refractivity contribution in [3.8, 4) is 0 Å². The highest BCUT2D eigenvalue weighted by Crippen LogP contribution is 2.31. The van der Waals surface area contributed by atoms with Gasteiger partial charge >= 0.3 is 0 Å². The molecule has 0 saturated heterocycles. The molecule has 0 aliphatic carbocycles. The summed E-state index contributed by atoms with van der Waals surface area (Å²) in [4.78, 5) is 17.3. The van der Waals surface area contributed by atoms with Crippen LogP contribution in [0.15, 0.2) is 67.0 Å². The third-order valence-electron chi connectivity index (χ3n) is 5.32. The minimum atomic E-state index is -0.522. The van der Waals surface area contributed by atoms with Crippen LogP contribution < -0.4 is 5.32 Å². The summed E-state index contributed by atoms with van der Waals surface area (Å²) in [6.45, 7) is 4.01. The van der Waals surface area contributed by atoms with E-state index >= 15 is 0 Å². The quantitative estimate of drug-likeness (QED) is 0.435. The van der Waals surface area contributed by atoms with Crippen LogP contribution in [-0.2, 0) is 4.79 Å². The number of fused-ring (bicyclic) bond motifs is 1. The van der Waals surface area contributed by atoms with Crippen LogP contribution in [0.4, 0.5) is 10.1 Å². The van der Waals surface area contributed by atoms with Crippen LogP contribution in [0.25, 0.3) is 5.65 Å². The topological polar surface area (TPSA) is 46.4 Å². The second-order valence-electron chi connectivity index (χ2n) is 7.38. The number of aromatic nitrogens is 2. The van der Waals surface area contributed by atoms with Gasteiger partial charge in [-0.1, -0.05) is 35.9 Å². The van der Waals surface area contributed by atoms with E-state index in [9.17, 15) is 9.18 Å². The van der Waals surface area contributed by atoms with Crippen molar-refractivity contribution >= 4 is 28.8 Å². The summed E-state index contributed by atoms with van der Waals surface area (Å²) in [5.41, 5.74) is 4.79. The average molecular weight is 422 g/mol. The zero-order chi connectivity index (χ0) is 21.3. The Morgan fingerprint density at radius 3 is 2.70 bits per heavy atom. The molecule has 4 rings (SSSR count). The van der Waals surface area contributed by atoms with Crippen LogP contribution >= 0.6 is 11.6 Å². The lowest BCUT2D eigenvalue weighted by Gasteiger charge is -2.18. The Morgan fingerprint density at radius 1 is 1.13 bits per heavy atom. The molecule has 0 radical (unpaired) electrons. The van der Waals surface area contributed by atoms with Crippen molar-refractivity contribution < 1.29 is 9.18 Å². The number of amides is 1. The van der Waals surface area contributed by atoms with E-state index in [2.05, 4.69) is 10.3 Å². The van der Waals surface area contributed by atoms with Crippen molar-refractivity contribution in [1.82, 2.24) is 9.38 Å². The van der Waals surface area contributed by atoms with Crippen LogP contribution in [0.2, 0.25) is 5.02 Å². The van der Waals surface area contributed by atoms with Crippen molar-refractivity contribution in [3.63, 3.8) is 0 Å². The molecule has 0 bridgehead atoms. The summed E-state index contributed by atoms with van der Waals surface area (Å²) < 4.78 is 16.5. The van der Waals surface area contributed by atoms with Crippen molar-refractivity contribution in [2.24, 2.45) is 0 Å². The molecule has 1 amide bonds. The van der Waals surface area contributed by atoms with Crippen LogP contribution in [0.3, 0.4) is 0 Å². The van der Waals surface area contributed by atoms with Crippen molar-refractivity contribution in [3.05, 3.63) is 100 Å². The van der Waals surface area contributed by atoms with E-state index in [1.165, 1.54) is 6.07 Å². The average Bonchev–Trinajstić information content (AvgIpc) is 3.12. The molecule has 30 heavy (non-hydrogen) atoms. The fourth-order valence-corrected chi connectivity index (χ4v) is 3.74. The maximum Gasteiger partial charge on any atom is 0.225 e. The molecule has 1 unspecified atom stereocenters. The molecular formula is C24H21ClFN3O. The number of anilines is 1. The summed E-state index contributed by atoms with van der Waals surface area (Å²) in [6.07, 6.45) is 3.47. The molecule has 0 aliphatic rings. The van der Waals surface area contributed by atoms with Crippen LogP contribution in [0.5, 0.6) is 0 Å². The fraction of sp³-hybridized carbons (Fsp3) is 0.167. The molecule has 152 valence electrons. The maximum absolute atomic E-state index is 14.7. The molecule has 0 fully saturated rings. The first-order valence-corrected chi connectivity index (χ1v) is 10.0. The van der Waals surface area contributed by atoms with Gasteiger partial charge in [0.25, 0.3) is 0 Å². The van der Waals surface area contributed by atoms with E-state index < -0.39 is 5.92 Å². The molecule has 2 heterocycles. The normalized spacial score (nSPS) is 12.1. The lowest BCUT2D eigenvalue weighted by molar-refractivity contribution is -0.116. The molecule has 4 aromatic rings. The summed E-state index contributed by atoms with van der Waals surface area (Å²) in [5.74, 6) is -1.09. The van der Waals surface area contributed by atoms with E-state index in [4.69, 9.17) is 11.6 Å². The van der Waals surface area contributed by atoms with Crippen molar-refractivity contribution in [1.29, 1.82) is 0 Å². The Bertz CT molecular complexity index is 1230. The summed E-state index contributed by atoms with van der Waals surface area (Å²) in [5, 5.41) is 3.47. The molecule has 1 N–H and O–H groups in total. The van der Waals surface area contributed by atoms with E-state index in [1.807, 2.05) is 36.4 Å². The molecule has 0 saturated carbocycles. The van der Waals surface area contributed by atoms with Gasteiger partial charge in [-0.15, -0.1) is 0 Å². The smallest absolute Gasteiger partial charge is 0.225 e. The zero-order valence-corrected chi connectivity index (χ0v) is 17.4. The van der Waals surface area contributed by atoms with Gasteiger partial charge in [-0.05, 0) is 60.9 Å². The number of rotatable bonds is 5. The third-order valence-corrected chi connectivity index (χ3v) is 5.54. The van der Waals surface area contributed by atoms with Gasteiger partial charge in [0.15, 0.2) is 0 Å². The van der Waals surface area contributed by atoms with Crippen molar-refractivity contribution in [2.45, 2.75) is 26.2 Å². The van der Waals surface area contributed by atoms with Gasteiger partial charge in [0.2, 0.25) is 5.91 Å². The second kappa shape index (κ2) is 8.28. The van der Waals surface area contributed by atoms with Crippen LogP contribution in [-0.4, -0.2) is 15.3 Å². The molecular weight excluding hydrogens is 401 g/mol. The predicted octanol–water partition coefficient (Wildman–Crippen LogP) is 5.90. The highest BCUT2D eigenvalue weighted by molar-refractivity contribution is 6.30. The first-order chi connectivity index (χ1) is 14.4. The Morgan fingerprint density at radius 2 is 1.93 bits per heavy atom. The number of carbonyl (C=O) groups excluding carboxylic acids is 1. The Hall–Kier alpha value is -3.18. The highest BCUT2D eigenvalue weighted by atomic mass is 35.5. The lowest BCUT2D eigenvalue weighted by Crippen LogP contribution is -2.18. The minimum absolute atomic E-state index is 0.0637. The largest absolute Gasteiger partial charge is 0.326 e. The molecule has 6 heteroatoms. The SMILES string of the molecule is Cc1ccc(NC(=O)CC(c2ccccc2F)c2cnc3ccc(Cl)cn23)cc1C. The standard InChI is InChI=1S/C24H21ClFN3O/c1-15-7-9-18(11-16(15)2)28-24(30)12-20(19-5-3-4-6-21(19)26)22-13-27-23-10-8-17(25)14-29(22)23/h3-11,13-14,20H,12H2,1-2H3,(H,28,30). The second-order valence-corrected chi connectivity index (χ2v) is 7.82. The minimum Gasteiger partial charge on any atom is -0.326 e. The number of pyridine rings is 1. The molecule has 2 aromatic heterocycles. The van der Waals surface area contributed by atoms with Gasteiger partial charge in [-0.25, -0.2) is 9.37 Å². The first kappa shape index (κ1) is 20.1. The monoisotopic (exact) mass is 421 g/mol. The fourth-order valence-electron chi connectivity index (χ4n) is 3.58. The predicted molar refractivity (Wildman–Crippen MR) is 118 cm³/mol. The maximum atomic E-state index is 14.7. The Balaban J connectivity index is 1.70. The molecule has 1 atom stereocenters. The number of halogens is 2. The number of hydrogen-bond acceptors (Lipinski definition) is 2. The number of benzene rings is 2. The lowest BCUT2D eigenvalue weighted by atomic mass is 9.91. The van der Waals surface area contributed by atoms with Crippen molar-refractivity contribution in [2.75, 3.05) is 5.32 Å². The number of carbonyl (C=O) groups is 1. The zero-order valence-electron chi connectivity index (χ0n) is 16.7. The number of aryl methyl sites for hydroxylation is 2. The summed E-state index contributed by atoms with van der Waals surface area (Å²) >= 11 is 6.17. The first-order valence-electron chi connectivity index (χ1n) is 9.66. The van der Waals surface area contributed by atoms with Crippen LogP contribution in [0.1, 0.15) is 34.7 Å². The number of nitrogens with one attached hydrogen (secondary N) is 1. The molecule has 4 nitrogen and oxygen atoms in total. The summed E-state index contributed by atoms with van der Waals surface area (Å²) in [6, 6.07) is 15.8. The molecule has 0 aliphatic heterocycles. The van der Waals surface area contributed by atoms with E-state index in [0.717, 1.165) is 16.8 Å². The molecule has 0 spiro atoms. The van der Waals surface area contributed by atoms with E-state index in [1.54, 1.807) is 42.7 Å². The number of hydrogen-bond donors (Lipinski definition) is 1. The Kier molecular flexibility index (Phi) is 5.55. The van der Waals surface area contributed by atoms with Gasteiger partial charge in [0.05, 0.1) is 10.7 Å². The third kappa shape index (κ3) is 4.07. The van der Waals surface area contributed by atoms with Crippen LogP contribution in [0, 0.1) is 19.7 Å².